The van der Waals surface area contributed by atoms with Crippen molar-refractivity contribution in [3.05, 3.63) is 45.7 Å². The number of hydrogen-bond donors (Lipinski definition) is 3. The van der Waals surface area contributed by atoms with E-state index in [1.165, 1.54) is 24.8 Å². The maximum Gasteiger partial charge on any atom is 0.261 e. The molecule has 3 N–H and O–H groups in total. The molecule has 4 rings (SSSR count). The molecule has 1 aliphatic heterocycles. The van der Waals surface area contributed by atoms with Crippen molar-refractivity contribution in [2.75, 3.05) is 5.75 Å². The monoisotopic (exact) mass is 355 g/mol. The summed E-state index contributed by atoms with van der Waals surface area (Å²) in [6.07, 6.45) is 3.60. The van der Waals surface area contributed by atoms with Gasteiger partial charge in [0.1, 0.15) is 21.3 Å². The lowest BCUT2D eigenvalue weighted by Crippen LogP contribution is -2.38. The van der Waals surface area contributed by atoms with E-state index < -0.39 is 27.2 Å². The largest absolute Gasteiger partial charge is 0.337 e. The van der Waals surface area contributed by atoms with Crippen molar-refractivity contribution in [2.24, 2.45) is 0 Å². The average molecular weight is 355 g/mol. The van der Waals surface area contributed by atoms with Gasteiger partial charge in [0, 0.05) is 10.8 Å². The van der Waals surface area contributed by atoms with Gasteiger partial charge >= 0.3 is 0 Å². The number of fused-ring (bicyclic) bond motifs is 1. The first-order chi connectivity index (χ1) is 11.9. The van der Waals surface area contributed by atoms with Crippen molar-refractivity contribution >= 4 is 26.5 Å². The third kappa shape index (κ3) is 3.05. The standard InChI is InChI=1S/C18H17N3O3S/c19-25(24)7-6-14(10-25)20-17(22)15-8-13-5-4-12(11-2-1-3-11)9-16(13)21-18(15)23/h4-5,8-9,11,14,19H,1-3,10H2,(H,20,22)(H,21,23)/t14-,25?/m1/s1. The molecule has 0 radical (unpaired) electrons. The van der Waals surface area contributed by atoms with Crippen molar-refractivity contribution in [1.29, 1.82) is 4.78 Å². The quantitative estimate of drug-likeness (QED) is 0.733. The van der Waals surface area contributed by atoms with Gasteiger partial charge in [-0.05, 0) is 41.8 Å². The van der Waals surface area contributed by atoms with Crippen molar-refractivity contribution in [3.8, 4) is 11.2 Å². The molecule has 0 spiro atoms. The number of carbonyl (C=O) groups excluding carboxylic acids is 1. The average Bonchev–Trinajstić information content (AvgIpc) is 2.83. The third-order valence-corrected chi connectivity index (χ3v) is 6.05. The van der Waals surface area contributed by atoms with Crippen LogP contribution in [0, 0.1) is 16.0 Å². The number of pyridine rings is 1. The van der Waals surface area contributed by atoms with Crippen LogP contribution in [0.3, 0.4) is 0 Å². The van der Waals surface area contributed by atoms with E-state index in [-0.39, 0.29) is 11.3 Å². The van der Waals surface area contributed by atoms with Crippen molar-refractivity contribution in [2.45, 2.75) is 31.2 Å². The van der Waals surface area contributed by atoms with Gasteiger partial charge in [-0.2, -0.15) is 0 Å². The minimum absolute atomic E-state index is 0.00549. The molecule has 2 aliphatic rings. The number of benzene rings is 1. The Morgan fingerprint density at radius 1 is 1.32 bits per heavy atom. The van der Waals surface area contributed by atoms with E-state index in [2.05, 4.69) is 21.5 Å². The zero-order chi connectivity index (χ0) is 17.6. The predicted molar refractivity (Wildman–Crippen MR) is 95.9 cm³/mol. The highest BCUT2D eigenvalue weighted by atomic mass is 32.2. The molecule has 1 saturated carbocycles. The highest BCUT2D eigenvalue weighted by Gasteiger charge is 2.23. The highest BCUT2D eigenvalue weighted by molar-refractivity contribution is 7.97. The number of H-pyrrole nitrogens is 1. The lowest BCUT2D eigenvalue weighted by molar-refractivity contribution is 0.0947. The molecule has 128 valence electrons. The summed E-state index contributed by atoms with van der Waals surface area (Å²) in [4.78, 5) is 27.4. The molecule has 25 heavy (non-hydrogen) atoms. The van der Waals surface area contributed by atoms with Gasteiger partial charge in [0.05, 0.1) is 5.75 Å². The second-order valence-corrected chi connectivity index (χ2v) is 8.49. The molecule has 1 aromatic heterocycles. The highest BCUT2D eigenvalue weighted by Crippen LogP contribution is 2.37. The molecule has 6 nitrogen and oxygen atoms in total. The first-order valence-electron chi connectivity index (χ1n) is 8.18. The van der Waals surface area contributed by atoms with Gasteiger partial charge < -0.3 is 10.3 Å². The number of hydrogen-bond acceptors (Lipinski definition) is 4. The van der Waals surface area contributed by atoms with Crippen LogP contribution in [0.5, 0.6) is 0 Å². The van der Waals surface area contributed by atoms with Crippen LogP contribution in [-0.4, -0.2) is 26.9 Å². The van der Waals surface area contributed by atoms with Gasteiger partial charge in [0.15, 0.2) is 0 Å². The van der Waals surface area contributed by atoms with Gasteiger partial charge in [-0.3, -0.25) is 9.59 Å². The van der Waals surface area contributed by atoms with E-state index in [4.69, 9.17) is 4.78 Å². The van der Waals surface area contributed by atoms with E-state index in [1.54, 1.807) is 6.07 Å². The molecule has 2 atom stereocenters. The van der Waals surface area contributed by atoms with E-state index in [1.807, 2.05) is 18.2 Å². The molecule has 1 fully saturated rings. The molecule has 1 unspecified atom stereocenters. The summed E-state index contributed by atoms with van der Waals surface area (Å²) in [6.45, 7) is 0. The van der Waals surface area contributed by atoms with Crippen LogP contribution in [0.15, 0.2) is 29.1 Å². The Kier molecular flexibility index (Phi) is 3.65. The topological polar surface area (TPSA) is 103 Å². The Bertz CT molecular complexity index is 1100. The van der Waals surface area contributed by atoms with Crippen molar-refractivity contribution < 1.29 is 9.00 Å². The van der Waals surface area contributed by atoms with E-state index in [0.717, 1.165) is 10.9 Å². The summed E-state index contributed by atoms with van der Waals surface area (Å²) < 4.78 is 19.0. The van der Waals surface area contributed by atoms with Crippen LogP contribution in [0.2, 0.25) is 0 Å². The van der Waals surface area contributed by atoms with Gasteiger partial charge in [-0.25, -0.2) is 8.99 Å². The second-order valence-electron chi connectivity index (χ2n) is 6.60. The van der Waals surface area contributed by atoms with Crippen LogP contribution in [0.25, 0.3) is 10.9 Å². The molecular weight excluding hydrogens is 338 g/mol. The molecule has 0 saturated heterocycles. The Morgan fingerprint density at radius 3 is 2.76 bits per heavy atom. The maximum absolute atomic E-state index is 12.4. The Morgan fingerprint density at radius 2 is 2.12 bits per heavy atom. The summed E-state index contributed by atoms with van der Waals surface area (Å²) in [6, 6.07) is 6.86. The Balaban J connectivity index is 1.61. The number of aromatic amines is 1. The summed E-state index contributed by atoms with van der Waals surface area (Å²) in [7, 11) is -2.94. The zero-order valence-electron chi connectivity index (χ0n) is 13.4. The predicted octanol–water partition coefficient (Wildman–Crippen LogP) is 1.92. The number of amides is 1. The van der Waals surface area contributed by atoms with Gasteiger partial charge in [0.2, 0.25) is 0 Å². The number of rotatable bonds is 3. The summed E-state index contributed by atoms with van der Waals surface area (Å²) in [5.74, 6) is 2.52. The molecule has 2 heterocycles. The van der Waals surface area contributed by atoms with Crippen molar-refractivity contribution in [1.82, 2.24) is 10.3 Å². The molecule has 0 bridgehead atoms. The van der Waals surface area contributed by atoms with Crippen LogP contribution >= 0.6 is 0 Å². The SMILES string of the molecule is N=S1(=O)C#C[C@@H](NC(=O)c2cc3ccc(C4CCC4)cc3[nH]c2=O)C1. The Labute approximate surface area is 145 Å². The van der Waals surface area contributed by atoms with Crippen LogP contribution in [0.1, 0.15) is 41.1 Å². The molecule has 1 amide bonds. The number of carbonyl (C=O) groups is 1. The molecule has 2 aromatic rings. The minimum Gasteiger partial charge on any atom is -0.337 e. The maximum atomic E-state index is 12.4. The fourth-order valence-corrected chi connectivity index (χ4v) is 4.23. The fraction of sp³-hybridized carbons (Fsp3) is 0.333. The minimum atomic E-state index is -2.94. The van der Waals surface area contributed by atoms with Gasteiger partial charge in [0.25, 0.3) is 11.5 Å². The lowest BCUT2D eigenvalue weighted by Gasteiger charge is -2.25. The Hall–Kier alpha value is -2.59. The number of aromatic nitrogens is 1. The van der Waals surface area contributed by atoms with Crippen LogP contribution < -0.4 is 10.9 Å². The second kappa shape index (κ2) is 5.74. The molecule has 1 aromatic carbocycles. The number of nitrogens with one attached hydrogen (secondary N) is 3. The van der Waals surface area contributed by atoms with E-state index in [9.17, 15) is 13.8 Å². The summed E-state index contributed by atoms with van der Waals surface area (Å²) in [5, 5.41) is 5.68. The lowest BCUT2D eigenvalue weighted by atomic mass is 9.80. The first kappa shape index (κ1) is 15.9. The smallest absolute Gasteiger partial charge is 0.261 e. The van der Waals surface area contributed by atoms with Crippen LogP contribution in [0.4, 0.5) is 0 Å². The normalized spacial score (nSPS) is 25.2. The molecule has 7 heteroatoms. The van der Waals surface area contributed by atoms with Crippen molar-refractivity contribution in [3.63, 3.8) is 0 Å². The first-order valence-corrected chi connectivity index (χ1v) is 9.91. The third-order valence-electron chi connectivity index (χ3n) is 4.80. The van der Waals surface area contributed by atoms with E-state index in [0.29, 0.717) is 5.92 Å². The fourth-order valence-electron chi connectivity index (χ4n) is 3.18. The van der Waals surface area contributed by atoms with Gasteiger partial charge in [-0.1, -0.05) is 24.5 Å². The molecule has 1 aliphatic carbocycles. The van der Waals surface area contributed by atoms with Crippen LogP contribution in [-0.2, 0) is 9.73 Å². The summed E-state index contributed by atoms with van der Waals surface area (Å²) >= 11 is 0. The molecular formula is C18H17N3O3S. The van der Waals surface area contributed by atoms with Gasteiger partial charge in [-0.15, -0.1) is 0 Å². The summed E-state index contributed by atoms with van der Waals surface area (Å²) in [5.41, 5.74) is 1.47. The zero-order valence-corrected chi connectivity index (χ0v) is 14.2. The van der Waals surface area contributed by atoms with E-state index >= 15 is 0 Å².